The Morgan fingerprint density at radius 1 is 0.732 bits per heavy atom. The molecule has 6 heterocycles. The van der Waals surface area contributed by atoms with E-state index < -0.39 is 23.7 Å². The average Bonchev–Trinajstić information content (AvgIpc) is 3.80. The lowest BCUT2D eigenvalue weighted by Crippen LogP contribution is -2.54. The third kappa shape index (κ3) is 11.9. The van der Waals surface area contributed by atoms with Crippen molar-refractivity contribution in [2.45, 2.75) is 102 Å². The number of benzene rings is 1. The fourth-order valence-corrected chi connectivity index (χ4v) is 11.4. The van der Waals surface area contributed by atoms with Gasteiger partial charge in [-0.15, -0.1) is 0 Å². The van der Waals surface area contributed by atoms with E-state index in [1.165, 1.54) is 12.3 Å². The van der Waals surface area contributed by atoms with E-state index in [-0.39, 0.29) is 60.5 Å². The Bertz CT molecular complexity index is 2410. The monoisotopic (exact) mass is 982 g/mol. The minimum Gasteiger partial charge on any atom is -0.462 e. The van der Waals surface area contributed by atoms with Crippen molar-refractivity contribution in [3.8, 4) is 0 Å². The Morgan fingerprint density at radius 2 is 1.35 bits per heavy atom. The van der Waals surface area contributed by atoms with Crippen LogP contribution in [0.1, 0.15) is 94.3 Å². The van der Waals surface area contributed by atoms with E-state index in [2.05, 4.69) is 41.2 Å². The molecule has 4 N–H and O–H groups in total. The molecule has 1 aromatic carbocycles. The summed E-state index contributed by atoms with van der Waals surface area (Å²) >= 11 is 0. The maximum Gasteiger partial charge on any atom is 0.343 e. The summed E-state index contributed by atoms with van der Waals surface area (Å²) in [7, 11) is 1.83. The van der Waals surface area contributed by atoms with E-state index in [9.17, 15) is 28.8 Å². The highest BCUT2D eigenvalue weighted by molar-refractivity contribution is 6.01. The van der Waals surface area contributed by atoms with Gasteiger partial charge in [0.2, 0.25) is 35.5 Å². The van der Waals surface area contributed by atoms with E-state index in [1.807, 2.05) is 32.8 Å². The molecule has 1 atom stereocenters. The van der Waals surface area contributed by atoms with Crippen LogP contribution in [0.4, 0.5) is 33.2 Å². The van der Waals surface area contributed by atoms with Gasteiger partial charge in [0, 0.05) is 127 Å². The Labute approximate surface area is 413 Å². The van der Waals surface area contributed by atoms with Crippen LogP contribution in [0.5, 0.6) is 0 Å². The maximum absolute atomic E-state index is 15.3. The van der Waals surface area contributed by atoms with Crippen LogP contribution in [0.25, 0.3) is 0 Å². The van der Waals surface area contributed by atoms with Gasteiger partial charge < -0.3 is 40.3 Å². The van der Waals surface area contributed by atoms with Crippen LogP contribution in [0.15, 0.2) is 36.8 Å². The first-order valence-corrected chi connectivity index (χ1v) is 25.7. The van der Waals surface area contributed by atoms with Gasteiger partial charge in [-0.25, -0.2) is 14.2 Å². The molecule has 71 heavy (non-hydrogen) atoms. The molecule has 4 aliphatic heterocycles. The van der Waals surface area contributed by atoms with Gasteiger partial charge >= 0.3 is 5.97 Å². The molecule has 0 spiro atoms. The third-order valence-corrected chi connectivity index (χ3v) is 15.5. The first kappa shape index (κ1) is 49.6. The smallest absolute Gasteiger partial charge is 0.343 e. The molecule has 6 aliphatic rings. The zero-order valence-electron chi connectivity index (χ0n) is 41.0. The summed E-state index contributed by atoms with van der Waals surface area (Å²) < 4.78 is 22.2. The minimum atomic E-state index is -0.600. The van der Waals surface area contributed by atoms with Crippen LogP contribution in [0.2, 0.25) is 0 Å². The number of piperazine rings is 2. The van der Waals surface area contributed by atoms with Gasteiger partial charge in [-0.1, -0.05) is 0 Å². The number of nitrogens with one attached hydrogen (secondary N) is 4. The molecule has 5 amide bonds. The zero-order chi connectivity index (χ0) is 49.6. The molecule has 20 nitrogen and oxygen atoms in total. The molecule has 9 rings (SSSR count). The summed E-state index contributed by atoms with van der Waals surface area (Å²) in [5.41, 5.74) is 1.94. The van der Waals surface area contributed by atoms with Crippen LogP contribution in [0.3, 0.4) is 0 Å². The normalized spacial score (nSPS) is 24.8. The number of esters is 1. The number of hydrogen-bond acceptors (Lipinski definition) is 15. The van der Waals surface area contributed by atoms with Gasteiger partial charge in [0.15, 0.2) is 0 Å². The Kier molecular flexibility index (Phi) is 15.6. The Balaban J connectivity index is 0.661. The van der Waals surface area contributed by atoms with Gasteiger partial charge in [-0.05, 0) is 95.8 Å². The fourth-order valence-electron chi connectivity index (χ4n) is 11.4. The second-order valence-corrected chi connectivity index (χ2v) is 20.0. The predicted octanol–water partition coefficient (Wildman–Crippen LogP) is 3.75. The summed E-state index contributed by atoms with van der Waals surface area (Å²) in [5.74, 6) is -0.663. The van der Waals surface area contributed by atoms with Crippen molar-refractivity contribution in [3.63, 3.8) is 0 Å². The molecule has 2 aliphatic carbocycles. The van der Waals surface area contributed by atoms with Gasteiger partial charge in [0.1, 0.15) is 23.2 Å². The van der Waals surface area contributed by atoms with Crippen molar-refractivity contribution in [2.75, 3.05) is 92.9 Å². The number of nitrogens with zero attached hydrogens (tertiary/aromatic N) is 9. The zero-order valence-corrected chi connectivity index (χ0v) is 41.0. The molecule has 21 heteroatoms. The topological polar surface area (TPSA) is 220 Å². The summed E-state index contributed by atoms with van der Waals surface area (Å²) in [6, 6.07) is 4.73. The average molecular weight is 982 g/mol. The summed E-state index contributed by atoms with van der Waals surface area (Å²) in [4.78, 5) is 96.8. The van der Waals surface area contributed by atoms with Crippen LogP contribution >= 0.6 is 0 Å². The molecule has 0 radical (unpaired) electrons. The van der Waals surface area contributed by atoms with Crippen molar-refractivity contribution >= 4 is 64.3 Å². The molecule has 3 aromatic rings. The predicted molar refractivity (Wildman–Crippen MR) is 262 cm³/mol. The number of imide groups is 1. The first-order valence-electron chi connectivity index (χ1n) is 25.7. The lowest BCUT2D eigenvalue weighted by molar-refractivity contribution is -0.145. The number of rotatable bonds is 13. The summed E-state index contributed by atoms with van der Waals surface area (Å²) in [5, 5.41) is 16.2. The van der Waals surface area contributed by atoms with Crippen LogP contribution < -0.4 is 26.2 Å². The van der Waals surface area contributed by atoms with E-state index in [1.54, 1.807) is 29.9 Å². The molecule has 1 unspecified atom stereocenters. The highest BCUT2D eigenvalue weighted by Gasteiger charge is 2.39. The largest absolute Gasteiger partial charge is 0.462 e. The third-order valence-electron chi connectivity index (χ3n) is 15.5. The van der Waals surface area contributed by atoms with E-state index in [4.69, 9.17) is 4.74 Å². The van der Waals surface area contributed by atoms with Crippen LogP contribution in [0, 0.1) is 23.6 Å². The number of aryl methyl sites for hydroxylation is 1. The number of piperidine rings is 2. The molecule has 6 fully saturated rings. The van der Waals surface area contributed by atoms with Crippen molar-refractivity contribution < 1.29 is 37.9 Å². The molecule has 2 saturated carbocycles. The first-order chi connectivity index (χ1) is 34.4. The lowest BCUT2D eigenvalue weighted by atomic mass is 9.80. The van der Waals surface area contributed by atoms with E-state index >= 15 is 4.39 Å². The molecule has 0 bridgehead atoms. The highest BCUT2D eigenvalue weighted by Crippen LogP contribution is 2.34. The Hall–Kier alpha value is -6.38. The maximum atomic E-state index is 15.3. The second kappa shape index (κ2) is 22.4. The summed E-state index contributed by atoms with van der Waals surface area (Å²) in [6.07, 6.45) is 13.5. The standard InChI is InChI=1S/C50H68FN13O7/c1-3-71-49(70)39-30-52-50(56-37-29-53-59(2)31-37)58-44(39)55-35-8-11-38(12-9-35)60-20-24-63(25-21-60)47(68)33-6-4-32(5-7-33)46(67)62-18-16-34(17-19-62)48(69)64-26-22-61(23-27-64)42-14-10-36(28-40(42)51)54-41-13-15-43(65)57-45(41)66/h10,14,28-35,38,41,54H,3-9,11-13,15-27H2,1-2H3,(H,57,65,66)(H2,52,55,56,58). The molecule has 382 valence electrons. The van der Waals surface area contributed by atoms with Crippen molar-refractivity contribution in [3.05, 3.63) is 48.2 Å². The van der Waals surface area contributed by atoms with Crippen molar-refractivity contribution in [1.29, 1.82) is 0 Å². The second-order valence-electron chi connectivity index (χ2n) is 20.0. The number of carbonyl (C=O) groups is 6. The van der Waals surface area contributed by atoms with Crippen molar-refractivity contribution in [1.82, 2.24) is 44.7 Å². The molecular formula is C50H68FN13O7. The number of ether oxygens (including phenoxy) is 1. The Morgan fingerprint density at radius 3 is 1.94 bits per heavy atom. The number of halogens is 1. The van der Waals surface area contributed by atoms with Gasteiger partial charge in [0.05, 0.1) is 24.2 Å². The minimum absolute atomic E-state index is 0.0600. The quantitative estimate of drug-likeness (QED) is 0.142. The number of hydrogen-bond donors (Lipinski definition) is 4. The van der Waals surface area contributed by atoms with Crippen molar-refractivity contribution in [2.24, 2.45) is 24.8 Å². The van der Waals surface area contributed by atoms with E-state index in [0.29, 0.717) is 132 Å². The van der Waals surface area contributed by atoms with Gasteiger partial charge in [-0.2, -0.15) is 10.1 Å². The van der Waals surface area contributed by atoms with Gasteiger partial charge in [-0.3, -0.25) is 38.9 Å². The SMILES string of the molecule is CCOC(=O)c1cnc(Nc2cnn(C)c2)nc1NC1CCC(N2CCN(C(=O)C3CCC(C(=O)N4CCC(C(=O)N5CCN(c6ccc(NC7CCC(=O)NC7=O)cc6F)CC5)CC4)CC3)CC2)CC1. The number of anilines is 5. The van der Waals surface area contributed by atoms with Crippen LogP contribution in [-0.4, -0.2) is 165 Å². The molecule has 4 saturated heterocycles. The lowest BCUT2D eigenvalue weighted by Gasteiger charge is -2.43. The summed E-state index contributed by atoms with van der Waals surface area (Å²) in [6.45, 7) is 8.14. The molecular weight excluding hydrogens is 914 g/mol. The van der Waals surface area contributed by atoms with Crippen LogP contribution in [-0.2, 0) is 35.8 Å². The fraction of sp³-hybridized carbons (Fsp3) is 0.620. The number of amides is 5. The van der Waals surface area contributed by atoms with Gasteiger partial charge in [0.25, 0.3) is 0 Å². The number of aromatic nitrogens is 4. The number of likely N-dealkylation sites (tertiary alicyclic amines) is 1. The number of carbonyl (C=O) groups excluding carboxylic acids is 6. The van der Waals surface area contributed by atoms with E-state index in [0.717, 1.165) is 44.5 Å². The molecule has 2 aromatic heterocycles. The highest BCUT2D eigenvalue weighted by atomic mass is 19.1.